The Hall–Kier alpha value is -3.06. The molecule has 0 aliphatic carbocycles. The number of nitrogens with one attached hydrogen (secondary N) is 1. The first-order chi connectivity index (χ1) is 13.9. The average molecular weight is 411 g/mol. The Bertz CT molecular complexity index is 1160. The molecule has 1 atom stereocenters. The molecule has 0 aliphatic rings. The van der Waals surface area contributed by atoms with Crippen LogP contribution in [0.2, 0.25) is 0 Å². The van der Waals surface area contributed by atoms with E-state index in [1.807, 2.05) is 20.0 Å². The molecule has 0 saturated carbocycles. The van der Waals surface area contributed by atoms with Crippen LogP contribution in [0.1, 0.15) is 32.5 Å². The molecule has 0 bridgehead atoms. The minimum Gasteiger partial charge on any atom is -0.344 e. The number of halogens is 2. The molecule has 148 valence electrons. The van der Waals surface area contributed by atoms with Gasteiger partial charge in [-0.1, -0.05) is 24.3 Å². The number of nitrogens with zero attached hydrogens (tertiary/aromatic N) is 2. The average Bonchev–Trinajstić information content (AvgIpc) is 3.23. The fraction of sp³-hybridized carbons (Fsp3) is 0.182. The second-order valence-electron chi connectivity index (χ2n) is 6.95. The van der Waals surface area contributed by atoms with E-state index in [1.54, 1.807) is 28.9 Å². The van der Waals surface area contributed by atoms with Gasteiger partial charge in [0.25, 0.3) is 5.91 Å². The van der Waals surface area contributed by atoms with Crippen molar-refractivity contribution in [3.8, 4) is 0 Å². The number of thiophene rings is 1. The molecular weight excluding hydrogens is 392 g/mol. The monoisotopic (exact) mass is 411 g/mol. The quantitative estimate of drug-likeness (QED) is 0.506. The maximum Gasteiger partial charge on any atom is 0.261 e. The number of aryl methyl sites for hydroxylation is 2. The topological polar surface area (TPSA) is 46.9 Å². The van der Waals surface area contributed by atoms with Gasteiger partial charge in [0.15, 0.2) is 0 Å². The molecule has 0 radical (unpaired) electrons. The molecule has 1 N–H and O–H groups in total. The fourth-order valence-electron chi connectivity index (χ4n) is 3.42. The van der Waals surface area contributed by atoms with Gasteiger partial charge in [-0.05, 0) is 54.8 Å². The van der Waals surface area contributed by atoms with Crippen LogP contribution in [0.5, 0.6) is 0 Å². The maximum atomic E-state index is 13.8. The lowest BCUT2D eigenvalue weighted by Gasteiger charge is -2.19. The minimum atomic E-state index is -0.496. The highest BCUT2D eigenvalue weighted by atomic mass is 32.1. The standard InChI is InChI=1S/C22H19F2N3OS/c1-13-18-12-20(29-22(18)27(2)26-13)21(28)25-19(15-6-4-8-17(24)11-15)10-14-5-3-7-16(23)9-14/h3-9,11-12,19H,10H2,1-2H3,(H,25,28)/t19-/m1/s1. The highest BCUT2D eigenvalue weighted by Crippen LogP contribution is 2.28. The van der Waals surface area contributed by atoms with Gasteiger partial charge < -0.3 is 5.32 Å². The van der Waals surface area contributed by atoms with Crippen molar-refractivity contribution in [2.45, 2.75) is 19.4 Å². The summed E-state index contributed by atoms with van der Waals surface area (Å²) in [6.07, 6.45) is 0.346. The molecule has 0 fully saturated rings. The van der Waals surface area contributed by atoms with Gasteiger partial charge in [-0.3, -0.25) is 9.48 Å². The first-order valence-electron chi connectivity index (χ1n) is 9.14. The molecule has 29 heavy (non-hydrogen) atoms. The molecule has 1 amide bonds. The molecule has 0 aliphatic heterocycles. The third-order valence-corrected chi connectivity index (χ3v) is 6.01. The molecule has 7 heteroatoms. The van der Waals surface area contributed by atoms with E-state index in [-0.39, 0.29) is 17.5 Å². The summed E-state index contributed by atoms with van der Waals surface area (Å²) in [5.74, 6) is -0.986. The highest BCUT2D eigenvalue weighted by Gasteiger charge is 2.20. The highest BCUT2D eigenvalue weighted by molar-refractivity contribution is 7.20. The van der Waals surface area contributed by atoms with Crippen molar-refractivity contribution in [3.63, 3.8) is 0 Å². The van der Waals surface area contributed by atoms with E-state index in [0.717, 1.165) is 21.5 Å². The van der Waals surface area contributed by atoms with Gasteiger partial charge in [0.2, 0.25) is 0 Å². The predicted molar refractivity (Wildman–Crippen MR) is 110 cm³/mol. The van der Waals surface area contributed by atoms with Gasteiger partial charge >= 0.3 is 0 Å². The summed E-state index contributed by atoms with van der Waals surface area (Å²) in [4.78, 5) is 14.4. The Morgan fingerprint density at radius 2 is 1.86 bits per heavy atom. The third-order valence-electron chi connectivity index (χ3n) is 4.81. The molecule has 2 aromatic heterocycles. The number of carbonyl (C=O) groups is 1. The number of benzene rings is 2. The largest absolute Gasteiger partial charge is 0.344 e. The van der Waals surface area contributed by atoms with Crippen LogP contribution in [-0.2, 0) is 13.5 Å². The summed E-state index contributed by atoms with van der Waals surface area (Å²) in [5.41, 5.74) is 2.21. The van der Waals surface area contributed by atoms with Gasteiger partial charge in [-0.2, -0.15) is 5.10 Å². The van der Waals surface area contributed by atoms with Crippen molar-refractivity contribution in [1.29, 1.82) is 0 Å². The molecule has 2 aromatic carbocycles. The normalized spacial score (nSPS) is 12.3. The Kier molecular flexibility index (Phi) is 5.15. The van der Waals surface area contributed by atoms with Gasteiger partial charge in [0, 0.05) is 12.4 Å². The fourth-order valence-corrected chi connectivity index (χ4v) is 4.45. The number of aromatic nitrogens is 2. The van der Waals surface area contributed by atoms with Crippen LogP contribution in [0.15, 0.2) is 54.6 Å². The van der Waals surface area contributed by atoms with Crippen LogP contribution < -0.4 is 5.32 Å². The number of hydrogen-bond donors (Lipinski definition) is 1. The summed E-state index contributed by atoms with van der Waals surface area (Å²) in [5, 5.41) is 8.28. The minimum absolute atomic E-state index is 0.253. The zero-order chi connectivity index (χ0) is 20.5. The van der Waals surface area contributed by atoms with E-state index in [9.17, 15) is 13.6 Å². The number of carbonyl (C=O) groups excluding carboxylic acids is 1. The van der Waals surface area contributed by atoms with Crippen molar-refractivity contribution in [3.05, 3.63) is 87.9 Å². The molecule has 0 saturated heterocycles. The van der Waals surface area contributed by atoms with Gasteiger partial charge in [-0.15, -0.1) is 11.3 Å². The molecule has 4 rings (SSSR count). The molecule has 4 aromatic rings. The Labute approximate surface area is 170 Å². The Balaban J connectivity index is 1.64. The lowest BCUT2D eigenvalue weighted by molar-refractivity contribution is 0.0940. The number of hydrogen-bond acceptors (Lipinski definition) is 3. The van der Waals surface area contributed by atoms with Crippen molar-refractivity contribution in [2.75, 3.05) is 0 Å². The van der Waals surface area contributed by atoms with Crippen LogP contribution in [-0.4, -0.2) is 15.7 Å². The van der Waals surface area contributed by atoms with Crippen molar-refractivity contribution < 1.29 is 13.6 Å². The molecule has 4 nitrogen and oxygen atoms in total. The summed E-state index contributed by atoms with van der Waals surface area (Å²) < 4.78 is 29.2. The maximum absolute atomic E-state index is 13.8. The zero-order valence-electron chi connectivity index (χ0n) is 15.9. The van der Waals surface area contributed by atoms with Crippen LogP contribution in [0, 0.1) is 18.6 Å². The summed E-state index contributed by atoms with van der Waals surface area (Å²) in [7, 11) is 1.84. The van der Waals surface area contributed by atoms with E-state index in [4.69, 9.17) is 0 Å². The third kappa shape index (κ3) is 4.05. The van der Waals surface area contributed by atoms with E-state index < -0.39 is 6.04 Å². The molecular formula is C22H19F2N3OS. The van der Waals surface area contributed by atoms with Crippen LogP contribution in [0.4, 0.5) is 8.78 Å². The summed E-state index contributed by atoms with van der Waals surface area (Å²) in [6, 6.07) is 13.6. The van der Waals surface area contributed by atoms with E-state index >= 15 is 0 Å². The van der Waals surface area contributed by atoms with Gasteiger partial charge in [0.05, 0.1) is 16.6 Å². The first-order valence-corrected chi connectivity index (χ1v) is 9.96. The Morgan fingerprint density at radius 1 is 1.14 bits per heavy atom. The molecule has 0 unspecified atom stereocenters. The lowest BCUT2D eigenvalue weighted by atomic mass is 9.98. The molecule has 0 spiro atoms. The number of amides is 1. The lowest BCUT2D eigenvalue weighted by Crippen LogP contribution is -2.29. The van der Waals surface area contributed by atoms with Crippen LogP contribution in [0.25, 0.3) is 10.2 Å². The van der Waals surface area contributed by atoms with Crippen LogP contribution in [0.3, 0.4) is 0 Å². The van der Waals surface area contributed by atoms with E-state index in [2.05, 4.69) is 10.4 Å². The van der Waals surface area contributed by atoms with Crippen molar-refractivity contribution >= 4 is 27.5 Å². The zero-order valence-corrected chi connectivity index (χ0v) is 16.8. The van der Waals surface area contributed by atoms with Gasteiger partial charge in [0.1, 0.15) is 16.5 Å². The second kappa shape index (κ2) is 7.75. The van der Waals surface area contributed by atoms with Crippen LogP contribution >= 0.6 is 11.3 Å². The Morgan fingerprint density at radius 3 is 2.55 bits per heavy atom. The van der Waals surface area contributed by atoms with Crippen molar-refractivity contribution in [2.24, 2.45) is 7.05 Å². The predicted octanol–water partition coefficient (Wildman–Crippen LogP) is 4.94. The first kappa shape index (κ1) is 19.3. The smallest absolute Gasteiger partial charge is 0.261 e. The summed E-state index contributed by atoms with van der Waals surface area (Å²) >= 11 is 1.36. The molecule has 2 heterocycles. The van der Waals surface area contributed by atoms with Gasteiger partial charge in [-0.25, -0.2) is 8.78 Å². The van der Waals surface area contributed by atoms with Crippen molar-refractivity contribution in [1.82, 2.24) is 15.1 Å². The van der Waals surface area contributed by atoms with E-state index in [0.29, 0.717) is 16.9 Å². The van der Waals surface area contributed by atoms with E-state index in [1.165, 1.54) is 35.6 Å². The second-order valence-corrected chi connectivity index (χ2v) is 7.98. The number of rotatable bonds is 5. The SMILES string of the molecule is Cc1nn(C)c2sc(C(=O)N[C@H](Cc3cccc(F)c3)c3cccc(F)c3)cc12. The summed E-state index contributed by atoms with van der Waals surface area (Å²) in [6.45, 7) is 1.90. The number of fused-ring (bicyclic) bond motifs is 1.